The predicted molar refractivity (Wildman–Crippen MR) is 142 cm³/mol. The fourth-order valence-corrected chi connectivity index (χ4v) is 5.17. The molecule has 0 atom stereocenters. The van der Waals surface area contributed by atoms with Crippen molar-refractivity contribution in [2.75, 3.05) is 0 Å². The average molecular weight is 487 g/mol. The second-order valence-corrected chi connectivity index (χ2v) is 10.3. The van der Waals surface area contributed by atoms with Gasteiger partial charge in [0, 0.05) is 11.1 Å². The van der Waals surface area contributed by atoms with Crippen LogP contribution in [0.2, 0.25) is 0 Å². The van der Waals surface area contributed by atoms with Crippen LogP contribution in [-0.2, 0) is 0 Å². The molecule has 35 heavy (non-hydrogen) atoms. The third kappa shape index (κ3) is 13.7. The van der Waals surface area contributed by atoms with E-state index < -0.39 is 11.9 Å². The van der Waals surface area contributed by atoms with Crippen LogP contribution in [0.5, 0.6) is 0 Å². The fourth-order valence-electron chi connectivity index (χ4n) is 5.17. The molecule has 0 unspecified atom stereocenters. The van der Waals surface area contributed by atoms with E-state index in [9.17, 15) is 19.8 Å². The smallest absolute Gasteiger partial charge is 0.0724 e. The minimum absolute atomic E-state index is 0.0521. The molecule has 0 bridgehead atoms. The molecule has 1 aromatic rings. The summed E-state index contributed by atoms with van der Waals surface area (Å²) in [5.41, 5.74) is 0.182. The minimum Gasteiger partial charge on any atom is -0.545 e. The zero-order chi connectivity index (χ0) is 25.7. The molecule has 0 aliphatic carbocycles. The standard InChI is InChI=1S/C31H52O4/c1-3-5-7-9-11-13-15-17-19-22-26(23-20-18-16-14-12-10-8-6-4-2)27-24-21-25-28(30(32)33)29(27)31(34)35/h21,24-26H,3-20,22-23H2,1-2H3,(H,32,33)(H,34,35)/p-2. The van der Waals surface area contributed by atoms with Crippen LogP contribution in [0.1, 0.15) is 174 Å². The first-order valence-corrected chi connectivity index (χ1v) is 14.6. The van der Waals surface area contributed by atoms with Gasteiger partial charge in [0.05, 0.1) is 11.9 Å². The van der Waals surface area contributed by atoms with Gasteiger partial charge in [0.2, 0.25) is 0 Å². The molecule has 200 valence electrons. The molecule has 0 aromatic heterocycles. The number of benzene rings is 1. The van der Waals surface area contributed by atoms with E-state index in [1.54, 1.807) is 12.1 Å². The van der Waals surface area contributed by atoms with E-state index in [1.807, 2.05) is 0 Å². The number of hydrogen-bond acceptors (Lipinski definition) is 4. The zero-order valence-electron chi connectivity index (χ0n) is 22.6. The molecule has 0 spiro atoms. The van der Waals surface area contributed by atoms with Gasteiger partial charge in [-0.3, -0.25) is 0 Å². The predicted octanol–water partition coefficient (Wildman–Crippen LogP) is 7.34. The summed E-state index contributed by atoms with van der Waals surface area (Å²) in [7, 11) is 0. The first-order valence-electron chi connectivity index (χ1n) is 14.6. The van der Waals surface area contributed by atoms with Crippen molar-refractivity contribution in [2.45, 2.75) is 148 Å². The Bertz CT molecular complexity index is 675. The Morgan fingerprint density at radius 2 is 1.00 bits per heavy atom. The molecular formula is C31H50O4-2. The highest BCUT2D eigenvalue weighted by molar-refractivity contribution is 6.01. The second kappa shape index (κ2) is 20.4. The van der Waals surface area contributed by atoms with Gasteiger partial charge in [-0.05, 0) is 24.3 Å². The summed E-state index contributed by atoms with van der Waals surface area (Å²) in [6, 6.07) is 4.74. The molecule has 4 nitrogen and oxygen atoms in total. The molecule has 0 fully saturated rings. The molecule has 0 N–H and O–H groups in total. The summed E-state index contributed by atoms with van der Waals surface area (Å²) in [6.07, 6.45) is 24.2. The van der Waals surface area contributed by atoms with Gasteiger partial charge in [0.25, 0.3) is 0 Å². The quantitative estimate of drug-likeness (QED) is 0.152. The lowest BCUT2D eigenvalue weighted by Gasteiger charge is -2.24. The third-order valence-electron chi connectivity index (χ3n) is 7.27. The van der Waals surface area contributed by atoms with E-state index in [0.29, 0.717) is 5.56 Å². The topological polar surface area (TPSA) is 80.3 Å². The van der Waals surface area contributed by atoms with E-state index in [2.05, 4.69) is 13.8 Å². The maximum atomic E-state index is 11.9. The molecule has 0 amide bonds. The van der Waals surface area contributed by atoms with Crippen LogP contribution in [0.25, 0.3) is 0 Å². The molecule has 0 saturated carbocycles. The average Bonchev–Trinajstić information content (AvgIpc) is 2.84. The highest BCUT2D eigenvalue weighted by atomic mass is 16.4. The normalized spacial score (nSPS) is 11.3. The van der Waals surface area contributed by atoms with Gasteiger partial charge in [-0.1, -0.05) is 148 Å². The molecular weight excluding hydrogens is 436 g/mol. The largest absolute Gasteiger partial charge is 0.545 e. The first-order chi connectivity index (χ1) is 17.0. The Kier molecular flexibility index (Phi) is 18.1. The van der Waals surface area contributed by atoms with Crippen LogP contribution in [0, 0.1) is 0 Å². The van der Waals surface area contributed by atoms with Crippen molar-refractivity contribution < 1.29 is 19.8 Å². The number of carbonyl (C=O) groups excluding carboxylic acids is 2. The molecule has 0 radical (unpaired) electrons. The Morgan fingerprint density at radius 1 is 0.600 bits per heavy atom. The van der Waals surface area contributed by atoms with E-state index in [0.717, 1.165) is 38.5 Å². The van der Waals surface area contributed by atoms with E-state index >= 15 is 0 Å². The summed E-state index contributed by atoms with van der Waals surface area (Å²) in [4.78, 5) is 23.4. The fraction of sp³-hybridized carbons (Fsp3) is 0.742. The maximum absolute atomic E-state index is 11.9. The van der Waals surface area contributed by atoms with Crippen molar-refractivity contribution in [2.24, 2.45) is 0 Å². The van der Waals surface area contributed by atoms with Crippen LogP contribution in [-0.4, -0.2) is 11.9 Å². The summed E-state index contributed by atoms with van der Waals surface area (Å²) < 4.78 is 0. The molecule has 0 saturated heterocycles. The lowest BCUT2D eigenvalue weighted by Crippen LogP contribution is -2.31. The van der Waals surface area contributed by atoms with Crippen LogP contribution in [0.4, 0.5) is 0 Å². The number of carboxylic acid groups (broad SMARTS) is 2. The molecule has 0 aliphatic heterocycles. The first kappa shape index (κ1) is 31.2. The van der Waals surface area contributed by atoms with Gasteiger partial charge in [0.1, 0.15) is 0 Å². The SMILES string of the molecule is CCCCCCCCCCCC(CCCCCCCCCCC)c1cccc(C(=O)[O-])c1C(=O)[O-]. The number of hydrogen-bond donors (Lipinski definition) is 0. The van der Waals surface area contributed by atoms with E-state index in [1.165, 1.54) is 96.0 Å². The number of rotatable bonds is 23. The van der Waals surface area contributed by atoms with E-state index in [-0.39, 0.29) is 17.0 Å². The van der Waals surface area contributed by atoms with Gasteiger partial charge in [-0.25, -0.2) is 0 Å². The summed E-state index contributed by atoms with van der Waals surface area (Å²) >= 11 is 0. The summed E-state index contributed by atoms with van der Waals surface area (Å²) in [5.74, 6) is -2.81. The molecule has 4 heteroatoms. The van der Waals surface area contributed by atoms with Crippen molar-refractivity contribution in [3.05, 3.63) is 34.9 Å². The molecule has 1 aromatic carbocycles. The van der Waals surface area contributed by atoms with Crippen molar-refractivity contribution in [3.63, 3.8) is 0 Å². The number of unbranched alkanes of at least 4 members (excludes halogenated alkanes) is 16. The Morgan fingerprint density at radius 3 is 1.37 bits per heavy atom. The minimum atomic E-state index is -1.45. The van der Waals surface area contributed by atoms with Gasteiger partial charge in [-0.2, -0.15) is 0 Å². The summed E-state index contributed by atoms with van der Waals surface area (Å²) in [5, 5.41) is 23.4. The van der Waals surface area contributed by atoms with Crippen molar-refractivity contribution in [1.82, 2.24) is 0 Å². The number of aromatic carboxylic acids is 2. The lowest BCUT2D eigenvalue weighted by atomic mass is 9.84. The van der Waals surface area contributed by atoms with Gasteiger partial charge >= 0.3 is 0 Å². The van der Waals surface area contributed by atoms with Crippen molar-refractivity contribution in [3.8, 4) is 0 Å². The Labute approximate surface area is 214 Å². The van der Waals surface area contributed by atoms with Crippen LogP contribution >= 0.6 is 0 Å². The maximum Gasteiger partial charge on any atom is 0.0724 e. The van der Waals surface area contributed by atoms with Gasteiger partial charge < -0.3 is 19.8 Å². The van der Waals surface area contributed by atoms with Crippen molar-refractivity contribution in [1.29, 1.82) is 0 Å². The van der Waals surface area contributed by atoms with Crippen molar-refractivity contribution >= 4 is 11.9 Å². The Balaban J connectivity index is 2.62. The van der Waals surface area contributed by atoms with Crippen LogP contribution < -0.4 is 10.2 Å². The summed E-state index contributed by atoms with van der Waals surface area (Å²) in [6.45, 7) is 4.47. The third-order valence-corrected chi connectivity index (χ3v) is 7.27. The zero-order valence-corrected chi connectivity index (χ0v) is 22.6. The number of carbonyl (C=O) groups is 2. The second-order valence-electron chi connectivity index (χ2n) is 10.3. The van der Waals surface area contributed by atoms with Crippen LogP contribution in [0.15, 0.2) is 18.2 Å². The van der Waals surface area contributed by atoms with E-state index in [4.69, 9.17) is 0 Å². The monoisotopic (exact) mass is 486 g/mol. The Hall–Kier alpha value is -1.84. The molecule has 0 heterocycles. The highest BCUT2D eigenvalue weighted by Crippen LogP contribution is 2.32. The number of carboxylic acids is 2. The molecule has 0 aliphatic rings. The van der Waals surface area contributed by atoms with Crippen LogP contribution in [0.3, 0.4) is 0 Å². The van der Waals surface area contributed by atoms with Gasteiger partial charge in [0.15, 0.2) is 0 Å². The van der Waals surface area contributed by atoms with Gasteiger partial charge in [-0.15, -0.1) is 0 Å². The molecule has 1 rings (SSSR count). The lowest BCUT2D eigenvalue weighted by molar-refractivity contribution is -0.259. The highest BCUT2D eigenvalue weighted by Gasteiger charge is 2.19.